The van der Waals surface area contributed by atoms with Crippen LogP contribution in [0.2, 0.25) is 0 Å². The van der Waals surface area contributed by atoms with E-state index in [4.69, 9.17) is 10.1 Å². The van der Waals surface area contributed by atoms with Gasteiger partial charge in [0.25, 0.3) is 0 Å². The molecule has 2 aromatic carbocycles. The Kier molecular flexibility index (Phi) is 5.61. The van der Waals surface area contributed by atoms with Crippen LogP contribution in [0.4, 0.5) is 10.7 Å². The molecule has 6 nitrogen and oxygen atoms in total. The van der Waals surface area contributed by atoms with Crippen molar-refractivity contribution in [2.75, 3.05) is 5.32 Å². The van der Waals surface area contributed by atoms with Crippen LogP contribution in [0.25, 0.3) is 0 Å². The Bertz CT molecular complexity index is 938. The number of para-hydroxylation sites is 1. The predicted octanol–water partition coefficient (Wildman–Crippen LogP) is 5.02. The molecule has 1 aromatic heterocycles. The van der Waals surface area contributed by atoms with Crippen LogP contribution >= 0.6 is 11.5 Å². The number of ether oxygens (including phenoxy) is 1. The minimum absolute atomic E-state index is 0.0841. The third kappa shape index (κ3) is 4.57. The van der Waals surface area contributed by atoms with Crippen molar-refractivity contribution in [3.63, 3.8) is 0 Å². The van der Waals surface area contributed by atoms with Gasteiger partial charge in [-0.25, -0.2) is 0 Å². The zero-order chi connectivity index (χ0) is 19.4. The normalized spacial score (nSPS) is 10.7. The van der Waals surface area contributed by atoms with E-state index >= 15 is 0 Å². The van der Waals surface area contributed by atoms with Crippen molar-refractivity contribution in [1.29, 1.82) is 5.41 Å². The maximum atomic E-state index is 10.0. The molecule has 1 heterocycles. The number of nitrogens with zero attached hydrogens (tertiary/aromatic N) is 1. The number of aromatic hydroxyl groups is 1. The van der Waals surface area contributed by atoms with Gasteiger partial charge in [-0.15, -0.1) is 0 Å². The molecule has 0 saturated heterocycles. The van der Waals surface area contributed by atoms with Crippen molar-refractivity contribution in [2.45, 2.75) is 26.8 Å². The minimum atomic E-state index is -0.151. The van der Waals surface area contributed by atoms with Gasteiger partial charge in [0.05, 0.1) is 0 Å². The standard InChI is InChI=1S/C20H22N4O2S/c1-12(2)22-18(21)17-19(25)24-27-20(17)23-16-10-9-15(11-13(16)3)26-14-7-5-4-6-8-14/h4-12,23H,1-3H3,(H2,21,22)(H,24,25). The van der Waals surface area contributed by atoms with E-state index in [0.717, 1.165) is 34.3 Å². The summed E-state index contributed by atoms with van der Waals surface area (Å²) < 4.78 is 9.83. The van der Waals surface area contributed by atoms with Crippen LogP contribution in [0.1, 0.15) is 25.0 Å². The molecule has 0 amide bonds. The van der Waals surface area contributed by atoms with Crippen molar-refractivity contribution in [3.05, 3.63) is 59.7 Å². The zero-order valence-corrected chi connectivity index (χ0v) is 16.2. The number of amidine groups is 1. The summed E-state index contributed by atoms with van der Waals surface area (Å²) in [5, 5.41) is 25.1. The fourth-order valence-corrected chi connectivity index (χ4v) is 3.25. The highest BCUT2D eigenvalue weighted by Crippen LogP contribution is 2.34. The smallest absolute Gasteiger partial charge is 0.236 e. The molecule has 7 heteroatoms. The monoisotopic (exact) mass is 382 g/mol. The van der Waals surface area contributed by atoms with Gasteiger partial charge in [-0.05, 0) is 68.2 Å². The topological polar surface area (TPSA) is 90.3 Å². The average molecular weight is 382 g/mol. The van der Waals surface area contributed by atoms with Gasteiger partial charge in [-0.3, -0.25) is 5.41 Å². The molecule has 0 bridgehead atoms. The van der Waals surface area contributed by atoms with Gasteiger partial charge in [-0.1, -0.05) is 18.2 Å². The molecule has 140 valence electrons. The van der Waals surface area contributed by atoms with Crippen molar-refractivity contribution in [1.82, 2.24) is 9.69 Å². The van der Waals surface area contributed by atoms with Crippen LogP contribution in [0.5, 0.6) is 17.4 Å². The van der Waals surface area contributed by atoms with Crippen LogP contribution in [-0.4, -0.2) is 21.4 Å². The summed E-state index contributed by atoms with van der Waals surface area (Å²) in [5.74, 6) is 1.51. The largest absolute Gasteiger partial charge is 0.492 e. The zero-order valence-electron chi connectivity index (χ0n) is 15.4. The Balaban J connectivity index is 1.80. The number of anilines is 2. The van der Waals surface area contributed by atoms with Crippen molar-refractivity contribution < 1.29 is 9.84 Å². The first-order valence-corrected chi connectivity index (χ1v) is 9.36. The fourth-order valence-electron chi connectivity index (χ4n) is 2.54. The van der Waals surface area contributed by atoms with Crippen LogP contribution in [0, 0.1) is 12.3 Å². The summed E-state index contributed by atoms with van der Waals surface area (Å²) in [7, 11) is 0. The first-order valence-electron chi connectivity index (χ1n) is 8.58. The van der Waals surface area contributed by atoms with Crippen LogP contribution < -0.4 is 15.4 Å². The summed E-state index contributed by atoms with van der Waals surface area (Å²) in [6.45, 7) is 5.85. The number of aryl methyl sites for hydroxylation is 1. The molecule has 3 aromatic rings. The Morgan fingerprint density at radius 1 is 1.15 bits per heavy atom. The molecule has 0 radical (unpaired) electrons. The van der Waals surface area contributed by atoms with Crippen LogP contribution in [-0.2, 0) is 0 Å². The Morgan fingerprint density at radius 3 is 2.56 bits per heavy atom. The van der Waals surface area contributed by atoms with Gasteiger partial charge in [0.15, 0.2) is 0 Å². The number of aromatic nitrogens is 1. The number of benzene rings is 2. The lowest BCUT2D eigenvalue weighted by atomic mass is 10.2. The van der Waals surface area contributed by atoms with E-state index in [0.29, 0.717) is 10.6 Å². The van der Waals surface area contributed by atoms with Crippen molar-refractivity contribution in [2.24, 2.45) is 0 Å². The van der Waals surface area contributed by atoms with Crippen LogP contribution in [0.3, 0.4) is 0 Å². The molecule has 0 fully saturated rings. The molecule has 27 heavy (non-hydrogen) atoms. The van der Waals surface area contributed by atoms with E-state index in [2.05, 4.69) is 15.0 Å². The number of hydrogen-bond acceptors (Lipinski definition) is 6. The molecule has 0 saturated carbocycles. The third-order valence-corrected chi connectivity index (χ3v) is 4.54. The highest BCUT2D eigenvalue weighted by atomic mass is 32.1. The van der Waals surface area contributed by atoms with E-state index in [1.807, 2.05) is 69.3 Å². The van der Waals surface area contributed by atoms with E-state index in [1.165, 1.54) is 0 Å². The number of nitrogens with one attached hydrogen (secondary N) is 3. The molecule has 3 rings (SSSR count). The quantitative estimate of drug-likeness (QED) is 0.355. The molecule has 0 spiro atoms. The third-order valence-electron chi connectivity index (χ3n) is 3.78. The van der Waals surface area contributed by atoms with E-state index < -0.39 is 0 Å². The maximum absolute atomic E-state index is 10.0. The second-order valence-electron chi connectivity index (χ2n) is 6.40. The van der Waals surface area contributed by atoms with Gasteiger partial charge in [-0.2, -0.15) is 4.37 Å². The average Bonchev–Trinajstić information content (AvgIpc) is 2.98. The molecular weight excluding hydrogens is 360 g/mol. The van der Waals surface area contributed by atoms with Crippen molar-refractivity contribution in [3.8, 4) is 17.4 Å². The van der Waals surface area contributed by atoms with E-state index in [-0.39, 0.29) is 17.8 Å². The number of hydrogen-bond donors (Lipinski definition) is 4. The lowest BCUT2D eigenvalue weighted by Gasteiger charge is -2.14. The molecule has 0 aliphatic rings. The molecule has 0 atom stereocenters. The first-order chi connectivity index (χ1) is 12.9. The van der Waals surface area contributed by atoms with E-state index in [9.17, 15) is 5.11 Å². The van der Waals surface area contributed by atoms with E-state index in [1.54, 1.807) is 0 Å². The SMILES string of the molecule is Cc1cc(Oc2ccccc2)ccc1Nc1snc(O)c1C(=N)NC(C)C. The summed E-state index contributed by atoms with van der Waals surface area (Å²) in [5.41, 5.74) is 2.21. The second-order valence-corrected chi connectivity index (χ2v) is 7.17. The Morgan fingerprint density at radius 2 is 1.89 bits per heavy atom. The van der Waals surface area contributed by atoms with Crippen molar-refractivity contribution >= 4 is 28.1 Å². The minimum Gasteiger partial charge on any atom is -0.492 e. The lowest BCUT2D eigenvalue weighted by Crippen LogP contribution is -2.30. The Hall–Kier alpha value is -3.06. The Labute approximate surface area is 162 Å². The summed E-state index contributed by atoms with van der Waals surface area (Å²) >= 11 is 1.12. The van der Waals surface area contributed by atoms with Gasteiger partial charge in [0.2, 0.25) is 5.88 Å². The second kappa shape index (κ2) is 8.09. The lowest BCUT2D eigenvalue weighted by molar-refractivity contribution is 0.458. The maximum Gasteiger partial charge on any atom is 0.236 e. The van der Waals surface area contributed by atoms with Gasteiger partial charge in [0, 0.05) is 11.7 Å². The molecule has 0 unspecified atom stereocenters. The van der Waals surface area contributed by atoms with Gasteiger partial charge >= 0.3 is 0 Å². The highest BCUT2D eigenvalue weighted by Gasteiger charge is 2.19. The predicted molar refractivity (Wildman–Crippen MR) is 110 cm³/mol. The summed E-state index contributed by atoms with van der Waals surface area (Å²) in [6.07, 6.45) is 0. The molecule has 0 aliphatic heterocycles. The number of rotatable bonds is 6. The molecule has 4 N–H and O–H groups in total. The summed E-state index contributed by atoms with van der Waals surface area (Å²) in [4.78, 5) is 0. The fraction of sp³-hybridized carbons (Fsp3) is 0.200. The summed E-state index contributed by atoms with van der Waals surface area (Å²) in [6, 6.07) is 15.4. The molecule has 0 aliphatic carbocycles. The highest BCUT2D eigenvalue weighted by molar-refractivity contribution is 7.11. The van der Waals surface area contributed by atoms with Gasteiger partial charge in [0.1, 0.15) is 27.9 Å². The molecular formula is C20H22N4O2S. The van der Waals surface area contributed by atoms with Crippen LogP contribution in [0.15, 0.2) is 48.5 Å². The van der Waals surface area contributed by atoms with Gasteiger partial charge < -0.3 is 20.5 Å². The first kappa shape index (κ1) is 18.7.